The molecule has 1 atom stereocenters. The van der Waals surface area contributed by atoms with Crippen LogP contribution < -0.4 is 9.26 Å². The zero-order chi connectivity index (χ0) is 21.6. The molecule has 0 N–H and O–H groups in total. The molecule has 3 aromatic rings. The van der Waals surface area contributed by atoms with Gasteiger partial charge < -0.3 is 13.8 Å². The second kappa shape index (κ2) is 10.2. The van der Waals surface area contributed by atoms with Gasteiger partial charge in [-0.25, -0.2) is 9.10 Å². The van der Waals surface area contributed by atoms with E-state index in [0.29, 0.717) is 23.6 Å². The number of fused-ring (bicyclic) bond motifs is 1. The molecule has 10 heteroatoms. The maximum Gasteiger partial charge on any atom is 0.426 e. The molecule has 0 radical (unpaired) electrons. The molecule has 0 aliphatic rings. The number of aromatic nitrogens is 1. The SMILES string of the molecule is CCOP(=S)(Oc1ccccc1)N(C)SN(C)C(=O)Oc1cccc2cccnc12. The summed E-state index contributed by atoms with van der Waals surface area (Å²) in [5, 5.41) is 0.887. The van der Waals surface area contributed by atoms with Crippen LogP contribution in [0.1, 0.15) is 6.92 Å². The van der Waals surface area contributed by atoms with E-state index in [2.05, 4.69) is 4.98 Å². The van der Waals surface area contributed by atoms with Crippen molar-refractivity contribution in [3.8, 4) is 11.5 Å². The van der Waals surface area contributed by atoms with Crippen molar-refractivity contribution in [2.24, 2.45) is 0 Å². The van der Waals surface area contributed by atoms with Crippen LogP contribution in [0.3, 0.4) is 0 Å². The third kappa shape index (κ3) is 5.50. The average molecular weight is 464 g/mol. The van der Waals surface area contributed by atoms with Gasteiger partial charge >= 0.3 is 12.7 Å². The van der Waals surface area contributed by atoms with E-state index in [9.17, 15) is 4.79 Å². The molecule has 1 aromatic heterocycles. The van der Waals surface area contributed by atoms with Crippen molar-refractivity contribution in [3.63, 3.8) is 0 Å². The Morgan fingerprint density at radius 2 is 1.83 bits per heavy atom. The second-order valence-corrected chi connectivity index (χ2v) is 10.9. The molecule has 0 spiro atoms. The normalized spacial score (nSPS) is 13.1. The Kier molecular flexibility index (Phi) is 7.69. The zero-order valence-corrected chi connectivity index (χ0v) is 19.3. The number of pyridine rings is 1. The summed E-state index contributed by atoms with van der Waals surface area (Å²) in [7, 11) is 3.32. The Balaban J connectivity index is 1.70. The quantitative estimate of drug-likeness (QED) is 0.321. The van der Waals surface area contributed by atoms with E-state index in [-0.39, 0.29) is 0 Å². The first-order valence-electron chi connectivity index (χ1n) is 9.14. The van der Waals surface area contributed by atoms with Crippen LogP contribution in [0.4, 0.5) is 4.79 Å². The van der Waals surface area contributed by atoms with Gasteiger partial charge in [0.05, 0.1) is 18.7 Å². The van der Waals surface area contributed by atoms with Crippen molar-refractivity contribution in [2.45, 2.75) is 6.92 Å². The van der Waals surface area contributed by atoms with Gasteiger partial charge in [0, 0.05) is 25.7 Å². The molecule has 0 saturated carbocycles. The van der Waals surface area contributed by atoms with Gasteiger partial charge in [-0.2, -0.15) is 4.08 Å². The number of amides is 1. The summed E-state index contributed by atoms with van der Waals surface area (Å²) >= 11 is 6.75. The Morgan fingerprint density at radius 1 is 1.10 bits per heavy atom. The molecule has 0 fully saturated rings. The maximum atomic E-state index is 12.7. The van der Waals surface area contributed by atoms with Gasteiger partial charge in [0.2, 0.25) is 0 Å². The summed E-state index contributed by atoms with van der Waals surface area (Å²) in [5.41, 5.74) is 0.618. The van der Waals surface area contributed by atoms with Crippen molar-refractivity contribution in [1.82, 2.24) is 13.4 Å². The lowest BCUT2D eigenvalue weighted by Gasteiger charge is -2.31. The highest BCUT2D eigenvalue weighted by molar-refractivity contribution is 8.15. The standard InChI is InChI=1S/C20H22N3O4PS2/c1-4-25-28(29,27-17-12-6-5-7-13-17)23(3)30-22(2)20(24)26-18-14-8-10-16-11-9-15-21-19(16)18/h5-15H,4H2,1-3H3. The number of benzene rings is 2. The zero-order valence-electron chi connectivity index (χ0n) is 16.8. The summed E-state index contributed by atoms with van der Waals surface area (Å²) in [6.07, 6.45) is 1.09. The van der Waals surface area contributed by atoms with Crippen molar-refractivity contribution < 1.29 is 18.6 Å². The largest absolute Gasteiger partial charge is 0.432 e. The predicted octanol–water partition coefficient (Wildman–Crippen LogP) is 5.50. The fourth-order valence-corrected chi connectivity index (χ4v) is 5.79. The van der Waals surface area contributed by atoms with E-state index in [1.165, 1.54) is 4.31 Å². The molecular weight excluding hydrogens is 441 g/mol. The number of carbonyl (C=O) groups excluding carboxylic acids is 1. The lowest BCUT2D eigenvalue weighted by Crippen LogP contribution is -2.28. The molecule has 1 amide bonds. The highest BCUT2D eigenvalue weighted by atomic mass is 32.5. The number of ether oxygens (including phenoxy) is 1. The third-order valence-corrected chi connectivity index (χ3v) is 8.69. The van der Waals surface area contributed by atoms with Crippen molar-refractivity contribution in [2.75, 3.05) is 20.7 Å². The van der Waals surface area contributed by atoms with Gasteiger partial charge in [-0.15, -0.1) is 0 Å². The fourth-order valence-electron chi connectivity index (χ4n) is 2.52. The van der Waals surface area contributed by atoms with Crippen LogP contribution in [0.15, 0.2) is 66.9 Å². The number of carbonyl (C=O) groups is 1. The van der Waals surface area contributed by atoms with Crippen LogP contribution in [-0.4, -0.2) is 40.2 Å². The number of rotatable bonds is 8. The summed E-state index contributed by atoms with van der Waals surface area (Å²) in [4.78, 5) is 17.0. The first-order chi connectivity index (χ1) is 14.4. The lowest BCUT2D eigenvalue weighted by molar-refractivity contribution is 0.187. The molecule has 0 aliphatic carbocycles. The molecule has 158 valence electrons. The van der Waals surface area contributed by atoms with Crippen LogP contribution >= 0.6 is 18.8 Å². The Bertz CT molecular complexity index is 1050. The van der Waals surface area contributed by atoms with Gasteiger partial charge in [-0.05, 0) is 43.0 Å². The highest BCUT2D eigenvalue weighted by Crippen LogP contribution is 2.54. The van der Waals surface area contributed by atoms with Gasteiger partial charge in [0.1, 0.15) is 11.3 Å². The van der Waals surface area contributed by atoms with Crippen LogP contribution in [0.2, 0.25) is 0 Å². The van der Waals surface area contributed by atoms with E-state index in [1.807, 2.05) is 61.5 Å². The number of hydrogen-bond acceptors (Lipinski definition) is 7. The van der Waals surface area contributed by atoms with Gasteiger partial charge in [0.15, 0.2) is 5.75 Å². The molecule has 7 nitrogen and oxygen atoms in total. The molecule has 1 unspecified atom stereocenters. The van der Waals surface area contributed by atoms with Crippen LogP contribution in [0.25, 0.3) is 10.9 Å². The Labute approximate surface area is 185 Å². The summed E-state index contributed by atoms with van der Waals surface area (Å²) in [6.45, 7) is -0.653. The van der Waals surface area contributed by atoms with Crippen LogP contribution in [-0.2, 0) is 16.3 Å². The molecule has 0 bridgehead atoms. The maximum absolute atomic E-state index is 12.7. The van der Waals surface area contributed by atoms with E-state index >= 15 is 0 Å². The molecule has 3 rings (SSSR count). The van der Waals surface area contributed by atoms with Crippen LogP contribution in [0, 0.1) is 0 Å². The van der Waals surface area contributed by atoms with Crippen molar-refractivity contribution in [1.29, 1.82) is 0 Å². The van der Waals surface area contributed by atoms with Gasteiger partial charge in [-0.3, -0.25) is 4.98 Å². The number of hydrogen-bond donors (Lipinski definition) is 0. The minimum absolute atomic E-state index is 0.380. The summed E-state index contributed by atoms with van der Waals surface area (Å²) in [6, 6.07) is 18.4. The smallest absolute Gasteiger partial charge is 0.426 e. The first kappa shape index (κ1) is 22.5. The highest BCUT2D eigenvalue weighted by Gasteiger charge is 2.30. The van der Waals surface area contributed by atoms with E-state index < -0.39 is 12.7 Å². The van der Waals surface area contributed by atoms with Crippen molar-refractivity contribution >= 4 is 47.6 Å². The predicted molar refractivity (Wildman–Crippen MR) is 124 cm³/mol. The van der Waals surface area contributed by atoms with Crippen LogP contribution in [0.5, 0.6) is 11.5 Å². The minimum Gasteiger partial charge on any atom is -0.432 e. The summed E-state index contributed by atoms with van der Waals surface area (Å²) < 4.78 is 20.3. The van der Waals surface area contributed by atoms with E-state index in [4.69, 9.17) is 25.6 Å². The lowest BCUT2D eigenvalue weighted by atomic mass is 10.2. The first-order valence-corrected chi connectivity index (χ1v) is 12.5. The Hall–Kier alpha value is -2.16. The second-order valence-electron chi connectivity index (χ2n) is 6.03. The van der Waals surface area contributed by atoms with Gasteiger partial charge in [-0.1, -0.05) is 36.4 Å². The summed E-state index contributed by atoms with van der Waals surface area (Å²) in [5.74, 6) is 0.992. The minimum atomic E-state index is -2.88. The van der Waals surface area contributed by atoms with E-state index in [1.54, 1.807) is 30.4 Å². The van der Waals surface area contributed by atoms with E-state index in [0.717, 1.165) is 17.5 Å². The molecule has 0 aliphatic heterocycles. The van der Waals surface area contributed by atoms with Crippen molar-refractivity contribution in [3.05, 3.63) is 66.9 Å². The average Bonchev–Trinajstić information content (AvgIpc) is 2.74. The monoisotopic (exact) mass is 463 g/mol. The molecule has 0 saturated heterocycles. The number of para-hydroxylation sites is 2. The molecular formula is C20H22N3O4PS2. The topological polar surface area (TPSA) is 64.1 Å². The molecule has 30 heavy (non-hydrogen) atoms. The van der Waals surface area contributed by atoms with Gasteiger partial charge in [0.25, 0.3) is 0 Å². The molecule has 1 heterocycles. The third-order valence-electron chi connectivity index (χ3n) is 3.89. The molecule has 2 aromatic carbocycles. The Morgan fingerprint density at radius 3 is 2.57 bits per heavy atom. The number of nitrogens with zero attached hydrogens (tertiary/aromatic N) is 3. The fraction of sp³-hybridized carbons (Fsp3) is 0.200.